The van der Waals surface area contributed by atoms with Crippen LogP contribution >= 0.6 is 0 Å². The van der Waals surface area contributed by atoms with E-state index in [0.717, 1.165) is 51.3 Å². The Kier molecular flexibility index (Phi) is 5.04. The molecule has 1 aromatic rings. The fourth-order valence-corrected chi connectivity index (χ4v) is 4.12. The van der Waals surface area contributed by atoms with Crippen LogP contribution in [0.3, 0.4) is 0 Å². The normalized spacial score (nSPS) is 29.3. The van der Waals surface area contributed by atoms with Gasteiger partial charge in [-0.15, -0.1) is 0 Å². The lowest BCUT2D eigenvalue weighted by atomic mass is 9.75. The molecule has 1 aromatic heterocycles. The number of rotatable bonds is 6. The molecule has 0 saturated carbocycles. The molecule has 3 heterocycles. The van der Waals surface area contributed by atoms with Crippen LogP contribution in [0, 0.1) is 11.3 Å². The van der Waals surface area contributed by atoms with Crippen molar-refractivity contribution < 1.29 is 19.1 Å². The van der Waals surface area contributed by atoms with Crippen molar-refractivity contribution in [3.63, 3.8) is 0 Å². The van der Waals surface area contributed by atoms with Crippen molar-refractivity contribution in [1.29, 1.82) is 0 Å². The van der Waals surface area contributed by atoms with Gasteiger partial charge < -0.3 is 14.3 Å². The summed E-state index contributed by atoms with van der Waals surface area (Å²) in [7, 11) is 1.69. The molecule has 23 heavy (non-hydrogen) atoms. The quantitative estimate of drug-likeness (QED) is 0.857. The lowest BCUT2D eigenvalue weighted by molar-refractivity contribution is -0.151. The number of hydrogen-bond donors (Lipinski definition) is 1. The molecular formula is C17H26N2O4. The van der Waals surface area contributed by atoms with E-state index in [1.807, 2.05) is 12.1 Å². The van der Waals surface area contributed by atoms with E-state index in [1.165, 1.54) is 0 Å². The first kappa shape index (κ1) is 16.5. The molecule has 0 bridgehead atoms. The molecule has 0 unspecified atom stereocenters. The molecule has 2 saturated heterocycles. The van der Waals surface area contributed by atoms with Gasteiger partial charge in [-0.1, -0.05) is 0 Å². The minimum atomic E-state index is -0.637. The fourth-order valence-electron chi connectivity index (χ4n) is 4.12. The topological polar surface area (TPSA) is 66.2 Å². The summed E-state index contributed by atoms with van der Waals surface area (Å²) in [6, 6.07) is 3.88. The van der Waals surface area contributed by atoms with Crippen molar-refractivity contribution in [2.75, 3.05) is 46.4 Å². The monoisotopic (exact) mass is 322 g/mol. The molecule has 0 aromatic carbocycles. The van der Waals surface area contributed by atoms with E-state index in [0.29, 0.717) is 13.2 Å². The summed E-state index contributed by atoms with van der Waals surface area (Å²) in [6.07, 6.45) is 3.36. The third kappa shape index (κ3) is 3.44. The number of aliphatic carboxylic acids is 1. The highest BCUT2D eigenvalue weighted by Gasteiger charge is 2.53. The molecule has 0 spiro atoms. The van der Waals surface area contributed by atoms with Gasteiger partial charge in [0, 0.05) is 39.2 Å². The van der Waals surface area contributed by atoms with Gasteiger partial charge in [-0.3, -0.25) is 14.6 Å². The van der Waals surface area contributed by atoms with Gasteiger partial charge in [-0.25, -0.2) is 0 Å². The summed E-state index contributed by atoms with van der Waals surface area (Å²) in [6.45, 7) is 5.45. The molecule has 2 atom stereocenters. The molecule has 128 valence electrons. The lowest BCUT2D eigenvalue weighted by Crippen LogP contribution is -2.41. The lowest BCUT2D eigenvalue weighted by Gasteiger charge is -2.29. The first-order valence-corrected chi connectivity index (χ1v) is 8.33. The molecule has 0 amide bonds. The number of ether oxygens (including phenoxy) is 1. The maximum absolute atomic E-state index is 12.1. The fraction of sp³-hybridized carbons (Fsp3) is 0.706. The van der Waals surface area contributed by atoms with E-state index in [-0.39, 0.29) is 5.92 Å². The zero-order valence-electron chi connectivity index (χ0n) is 13.7. The van der Waals surface area contributed by atoms with Gasteiger partial charge in [-0.05, 0) is 31.5 Å². The zero-order chi connectivity index (χ0) is 16.3. The number of methoxy groups -OCH3 is 1. The van der Waals surface area contributed by atoms with Gasteiger partial charge in [0.25, 0.3) is 0 Å². The molecular weight excluding hydrogens is 296 g/mol. The smallest absolute Gasteiger partial charge is 0.311 e. The molecule has 3 rings (SSSR count). The van der Waals surface area contributed by atoms with Crippen molar-refractivity contribution in [1.82, 2.24) is 9.80 Å². The Balaban J connectivity index is 1.71. The second kappa shape index (κ2) is 7.03. The third-order valence-corrected chi connectivity index (χ3v) is 5.34. The number of fused-ring (bicyclic) bond motifs is 1. The predicted molar refractivity (Wildman–Crippen MR) is 85.1 cm³/mol. The zero-order valence-corrected chi connectivity index (χ0v) is 13.7. The van der Waals surface area contributed by atoms with E-state index >= 15 is 0 Å². The molecule has 6 heteroatoms. The van der Waals surface area contributed by atoms with Gasteiger partial charge in [-0.2, -0.15) is 0 Å². The van der Waals surface area contributed by atoms with Gasteiger partial charge in [0.2, 0.25) is 0 Å². The Labute approximate surface area is 137 Å². The molecule has 2 fully saturated rings. The van der Waals surface area contributed by atoms with Crippen molar-refractivity contribution in [2.45, 2.75) is 19.4 Å². The van der Waals surface area contributed by atoms with Crippen molar-refractivity contribution in [3.05, 3.63) is 24.2 Å². The highest BCUT2D eigenvalue weighted by atomic mass is 16.5. The third-order valence-electron chi connectivity index (χ3n) is 5.34. The summed E-state index contributed by atoms with van der Waals surface area (Å²) in [5.41, 5.74) is -0.606. The van der Waals surface area contributed by atoms with E-state index in [2.05, 4.69) is 9.80 Å². The second-order valence-corrected chi connectivity index (χ2v) is 6.80. The van der Waals surface area contributed by atoms with Crippen LogP contribution in [0.1, 0.15) is 18.6 Å². The maximum atomic E-state index is 12.1. The molecule has 1 N–H and O–H groups in total. The van der Waals surface area contributed by atoms with Crippen LogP contribution in [0.25, 0.3) is 0 Å². The highest BCUT2D eigenvalue weighted by molar-refractivity contribution is 5.76. The number of carbonyl (C=O) groups is 1. The first-order valence-electron chi connectivity index (χ1n) is 8.33. The van der Waals surface area contributed by atoms with Crippen molar-refractivity contribution in [2.24, 2.45) is 11.3 Å². The number of carboxylic acid groups (broad SMARTS) is 1. The minimum absolute atomic E-state index is 0.161. The number of furan rings is 1. The summed E-state index contributed by atoms with van der Waals surface area (Å²) < 4.78 is 10.6. The standard InChI is InChI=1S/C17H26N2O4/c1-22-9-7-19-11-14-10-18(12-15-4-2-8-23-15)6-3-5-17(14,13-19)16(20)21/h2,4,8,14H,3,5-7,9-13H2,1H3,(H,20,21)/t14-,17-/m1/s1. The first-order chi connectivity index (χ1) is 11.1. The Bertz CT molecular complexity index is 519. The highest BCUT2D eigenvalue weighted by Crippen LogP contribution is 2.43. The van der Waals surface area contributed by atoms with Crippen molar-refractivity contribution in [3.8, 4) is 0 Å². The largest absolute Gasteiger partial charge is 0.481 e. The van der Waals surface area contributed by atoms with Crippen molar-refractivity contribution >= 4 is 5.97 Å². The van der Waals surface area contributed by atoms with Crippen LogP contribution in [0.5, 0.6) is 0 Å². The average molecular weight is 322 g/mol. The molecule has 2 aliphatic heterocycles. The number of likely N-dealkylation sites (tertiary alicyclic amines) is 2. The van der Waals surface area contributed by atoms with Gasteiger partial charge in [0.1, 0.15) is 5.76 Å². The Morgan fingerprint density at radius 1 is 1.48 bits per heavy atom. The van der Waals surface area contributed by atoms with E-state index in [4.69, 9.17) is 9.15 Å². The number of nitrogens with zero attached hydrogens (tertiary/aromatic N) is 2. The second-order valence-electron chi connectivity index (χ2n) is 6.80. The summed E-state index contributed by atoms with van der Waals surface area (Å²) in [4.78, 5) is 16.6. The molecule has 6 nitrogen and oxygen atoms in total. The van der Waals surface area contributed by atoms with Crippen LogP contribution in [0.15, 0.2) is 22.8 Å². The Hall–Kier alpha value is -1.37. The molecule has 0 radical (unpaired) electrons. The maximum Gasteiger partial charge on any atom is 0.311 e. The summed E-state index contributed by atoms with van der Waals surface area (Å²) in [5, 5.41) is 9.92. The summed E-state index contributed by atoms with van der Waals surface area (Å²) in [5.74, 6) is 0.471. The number of hydrogen-bond acceptors (Lipinski definition) is 5. The van der Waals surface area contributed by atoms with E-state index in [9.17, 15) is 9.90 Å². The van der Waals surface area contributed by atoms with E-state index in [1.54, 1.807) is 13.4 Å². The summed E-state index contributed by atoms with van der Waals surface area (Å²) >= 11 is 0. The van der Waals surface area contributed by atoms with Gasteiger partial charge >= 0.3 is 5.97 Å². The van der Waals surface area contributed by atoms with Crippen LogP contribution < -0.4 is 0 Å². The van der Waals surface area contributed by atoms with E-state index < -0.39 is 11.4 Å². The Morgan fingerprint density at radius 2 is 2.30 bits per heavy atom. The average Bonchev–Trinajstić information content (AvgIpc) is 3.11. The molecule has 0 aliphatic carbocycles. The SMILES string of the molecule is COCCN1C[C@H]2CN(Cc3ccco3)CCC[C@@]2(C(=O)O)C1. The predicted octanol–water partition coefficient (Wildman–Crippen LogP) is 1.52. The van der Waals surface area contributed by atoms with Crippen LogP contribution in [-0.2, 0) is 16.1 Å². The number of carboxylic acids is 1. The van der Waals surface area contributed by atoms with Crippen LogP contribution in [0.2, 0.25) is 0 Å². The minimum Gasteiger partial charge on any atom is -0.481 e. The van der Waals surface area contributed by atoms with Crippen LogP contribution in [0.4, 0.5) is 0 Å². The Morgan fingerprint density at radius 3 is 3.00 bits per heavy atom. The van der Waals surface area contributed by atoms with Gasteiger partial charge in [0.05, 0.1) is 24.8 Å². The molecule has 2 aliphatic rings. The van der Waals surface area contributed by atoms with Crippen LogP contribution in [-0.4, -0.2) is 67.3 Å². The van der Waals surface area contributed by atoms with Gasteiger partial charge in [0.15, 0.2) is 0 Å².